The Labute approximate surface area is 137 Å². The summed E-state index contributed by atoms with van der Waals surface area (Å²) >= 11 is 9.49. The summed E-state index contributed by atoms with van der Waals surface area (Å²) in [5.74, 6) is -0.612. The number of carbonyl (C=O) groups excluding carboxylic acids is 2. The van der Waals surface area contributed by atoms with E-state index in [1.165, 1.54) is 0 Å². The van der Waals surface area contributed by atoms with Gasteiger partial charge in [-0.1, -0.05) is 17.7 Å². The van der Waals surface area contributed by atoms with E-state index in [1.807, 2.05) is 0 Å². The average Bonchev–Trinajstić information content (AvgIpc) is 2.50. The fourth-order valence-corrected chi connectivity index (χ4v) is 3.03. The van der Waals surface area contributed by atoms with E-state index in [0.29, 0.717) is 34.8 Å². The van der Waals surface area contributed by atoms with Crippen LogP contribution in [0.1, 0.15) is 30.1 Å². The Morgan fingerprint density at radius 1 is 1.48 bits per heavy atom. The quantitative estimate of drug-likeness (QED) is 0.761. The van der Waals surface area contributed by atoms with Crippen molar-refractivity contribution in [2.75, 3.05) is 19.7 Å². The van der Waals surface area contributed by atoms with Gasteiger partial charge in [-0.15, -0.1) is 0 Å². The second-order valence-corrected chi connectivity index (χ2v) is 6.18. The van der Waals surface area contributed by atoms with Crippen molar-refractivity contribution in [3.05, 3.63) is 33.3 Å². The summed E-state index contributed by atoms with van der Waals surface area (Å²) in [4.78, 5) is 26.1. The third-order valence-electron chi connectivity index (χ3n) is 3.51. The van der Waals surface area contributed by atoms with Crippen molar-refractivity contribution in [3.8, 4) is 0 Å². The first kappa shape index (κ1) is 16.3. The number of nitrogens with zero attached hydrogens (tertiary/aromatic N) is 1. The van der Waals surface area contributed by atoms with Crippen LogP contribution < -0.4 is 0 Å². The van der Waals surface area contributed by atoms with Crippen molar-refractivity contribution in [1.82, 2.24) is 4.90 Å². The predicted molar refractivity (Wildman–Crippen MR) is 84.4 cm³/mol. The lowest BCUT2D eigenvalue weighted by molar-refractivity contribution is -0.149. The molecule has 1 atom stereocenters. The van der Waals surface area contributed by atoms with Crippen LogP contribution >= 0.6 is 27.5 Å². The van der Waals surface area contributed by atoms with E-state index in [4.69, 9.17) is 16.3 Å². The molecular weight excluding hydrogens is 358 g/mol. The molecule has 0 bridgehead atoms. The molecule has 21 heavy (non-hydrogen) atoms. The maximum Gasteiger partial charge on any atom is 0.310 e. The van der Waals surface area contributed by atoms with Gasteiger partial charge in [0.1, 0.15) is 0 Å². The maximum atomic E-state index is 12.6. The SMILES string of the molecule is CCOC(=O)C1CCCN(C(=O)c2cccc(Br)c2Cl)C1. The Morgan fingerprint density at radius 2 is 2.24 bits per heavy atom. The van der Waals surface area contributed by atoms with Crippen molar-refractivity contribution in [3.63, 3.8) is 0 Å². The van der Waals surface area contributed by atoms with E-state index in [2.05, 4.69) is 15.9 Å². The van der Waals surface area contributed by atoms with E-state index >= 15 is 0 Å². The van der Waals surface area contributed by atoms with Gasteiger partial charge in [0.15, 0.2) is 0 Å². The largest absolute Gasteiger partial charge is 0.466 e. The van der Waals surface area contributed by atoms with Crippen LogP contribution in [-0.2, 0) is 9.53 Å². The molecule has 2 rings (SSSR count). The molecule has 1 saturated heterocycles. The first-order chi connectivity index (χ1) is 10.0. The Hall–Kier alpha value is -1.07. The van der Waals surface area contributed by atoms with Crippen LogP contribution in [0.4, 0.5) is 0 Å². The minimum absolute atomic E-state index is 0.143. The summed E-state index contributed by atoms with van der Waals surface area (Å²) in [6, 6.07) is 5.26. The molecule has 0 spiro atoms. The van der Waals surface area contributed by atoms with Gasteiger partial charge in [-0.05, 0) is 47.8 Å². The second-order valence-electron chi connectivity index (χ2n) is 4.94. The van der Waals surface area contributed by atoms with E-state index in [1.54, 1.807) is 30.0 Å². The molecule has 0 radical (unpaired) electrons. The van der Waals surface area contributed by atoms with Crippen molar-refractivity contribution >= 4 is 39.4 Å². The van der Waals surface area contributed by atoms with Gasteiger partial charge >= 0.3 is 5.97 Å². The van der Waals surface area contributed by atoms with Gasteiger partial charge in [-0.25, -0.2) is 0 Å². The van der Waals surface area contributed by atoms with Crippen molar-refractivity contribution in [2.24, 2.45) is 5.92 Å². The molecule has 6 heteroatoms. The molecule has 0 N–H and O–H groups in total. The molecule has 0 saturated carbocycles. The summed E-state index contributed by atoms with van der Waals surface area (Å²) in [6.07, 6.45) is 1.55. The molecule has 1 aliphatic heterocycles. The Kier molecular flexibility index (Phi) is 5.65. The number of ether oxygens (including phenoxy) is 1. The van der Waals surface area contributed by atoms with Gasteiger partial charge in [-0.3, -0.25) is 9.59 Å². The summed E-state index contributed by atoms with van der Waals surface area (Å²) in [7, 11) is 0. The van der Waals surface area contributed by atoms with Crippen LogP contribution in [0, 0.1) is 5.92 Å². The lowest BCUT2D eigenvalue weighted by Crippen LogP contribution is -2.42. The van der Waals surface area contributed by atoms with E-state index in [0.717, 1.165) is 12.8 Å². The number of amides is 1. The highest BCUT2D eigenvalue weighted by atomic mass is 79.9. The van der Waals surface area contributed by atoms with E-state index < -0.39 is 0 Å². The summed E-state index contributed by atoms with van der Waals surface area (Å²) in [5.41, 5.74) is 0.454. The topological polar surface area (TPSA) is 46.6 Å². The summed E-state index contributed by atoms with van der Waals surface area (Å²) < 4.78 is 5.74. The van der Waals surface area contributed by atoms with Crippen LogP contribution in [0.2, 0.25) is 5.02 Å². The summed E-state index contributed by atoms with van der Waals surface area (Å²) in [5, 5.41) is 0.403. The number of piperidine rings is 1. The monoisotopic (exact) mass is 373 g/mol. The lowest BCUT2D eigenvalue weighted by Gasteiger charge is -2.31. The molecule has 1 amide bonds. The minimum Gasteiger partial charge on any atom is -0.466 e. The molecule has 1 heterocycles. The molecule has 4 nitrogen and oxygen atoms in total. The fraction of sp³-hybridized carbons (Fsp3) is 0.467. The number of benzene rings is 1. The highest BCUT2D eigenvalue weighted by Crippen LogP contribution is 2.28. The Morgan fingerprint density at radius 3 is 2.95 bits per heavy atom. The average molecular weight is 375 g/mol. The molecule has 1 aromatic rings. The lowest BCUT2D eigenvalue weighted by atomic mass is 9.97. The smallest absolute Gasteiger partial charge is 0.310 e. The molecule has 0 aromatic heterocycles. The minimum atomic E-state index is -0.242. The molecule has 1 unspecified atom stereocenters. The Bertz CT molecular complexity index is 550. The van der Waals surface area contributed by atoms with Gasteiger partial charge < -0.3 is 9.64 Å². The van der Waals surface area contributed by atoms with Crippen LogP contribution in [0.25, 0.3) is 0 Å². The van der Waals surface area contributed by atoms with Gasteiger partial charge in [-0.2, -0.15) is 0 Å². The standard InChI is InChI=1S/C15H17BrClNO3/c1-2-21-15(20)10-5-4-8-18(9-10)14(19)11-6-3-7-12(16)13(11)17/h3,6-7,10H,2,4-5,8-9H2,1H3. The number of hydrogen-bond acceptors (Lipinski definition) is 3. The summed E-state index contributed by atoms with van der Waals surface area (Å²) in [6.45, 7) is 3.17. The fourth-order valence-electron chi connectivity index (χ4n) is 2.45. The molecule has 1 fully saturated rings. The predicted octanol–water partition coefficient (Wildman–Crippen LogP) is 3.52. The third kappa shape index (κ3) is 3.77. The van der Waals surface area contributed by atoms with Crippen LogP contribution in [0.3, 0.4) is 0 Å². The zero-order valence-corrected chi connectivity index (χ0v) is 14.1. The van der Waals surface area contributed by atoms with Gasteiger partial charge in [0, 0.05) is 17.6 Å². The van der Waals surface area contributed by atoms with E-state index in [9.17, 15) is 9.59 Å². The number of likely N-dealkylation sites (tertiary alicyclic amines) is 1. The van der Waals surface area contributed by atoms with Crippen molar-refractivity contribution in [1.29, 1.82) is 0 Å². The van der Waals surface area contributed by atoms with Crippen LogP contribution in [-0.4, -0.2) is 36.5 Å². The number of hydrogen-bond donors (Lipinski definition) is 0. The van der Waals surface area contributed by atoms with Crippen molar-refractivity contribution < 1.29 is 14.3 Å². The molecular formula is C15H17BrClNO3. The second kappa shape index (κ2) is 7.27. The first-order valence-electron chi connectivity index (χ1n) is 6.94. The number of carbonyl (C=O) groups is 2. The van der Waals surface area contributed by atoms with E-state index in [-0.39, 0.29) is 17.8 Å². The van der Waals surface area contributed by atoms with Crippen molar-refractivity contribution in [2.45, 2.75) is 19.8 Å². The maximum absolute atomic E-state index is 12.6. The van der Waals surface area contributed by atoms with Gasteiger partial charge in [0.2, 0.25) is 0 Å². The number of esters is 1. The van der Waals surface area contributed by atoms with Crippen LogP contribution in [0.5, 0.6) is 0 Å². The highest BCUT2D eigenvalue weighted by Gasteiger charge is 2.30. The third-order valence-corrected chi connectivity index (χ3v) is 4.81. The molecule has 1 aromatic carbocycles. The normalized spacial score (nSPS) is 18.4. The number of halogens is 2. The first-order valence-corrected chi connectivity index (χ1v) is 8.11. The molecule has 0 aliphatic carbocycles. The Balaban J connectivity index is 2.12. The van der Waals surface area contributed by atoms with Gasteiger partial charge in [0.25, 0.3) is 5.91 Å². The van der Waals surface area contributed by atoms with Gasteiger partial charge in [0.05, 0.1) is 23.1 Å². The zero-order chi connectivity index (χ0) is 15.4. The number of rotatable bonds is 3. The molecule has 114 valence electrons. The highest BCUT2D eigenvalue weighted by molar-refractivity contribution is 9.10. The van der Waals surface area contributed by atoms with Crippen LogP contribution in [0.15, 0.2) is 22.7 Å². The zero-order valence-electron chi connectivity index (χ0n) is 11.8. The molecule has 1 aliphatic rings.